The van der Waals surface area contributed by atoms with Crippen molar-refractivity contribution in [2.45, 2.75) is 6.42 Å². The number of benzene rings is 2. The quantitative estimate of drug-likeness (QED) is 0.635. The van der Waals surface area contributed by atoms with E-state index in [1.54, 1.807) is 0 Å². The summed E-state index contributed by atoms with van der Waals surface area (Å²) in [7, 11) is 0. The van der Waals surface area contributed by atoms with Crippen molar-refractivity contribution < 1.29 is 4.74 Å². The third kappa shape index (κ3) is 3.47. The molecule has 0 saturated carbocycles. The minimum Gasteiger partial charge on any atom is -0.379 e. The zero-order valence-electron chi connectivity index (χ0n) is 15.7. The average molecular weight is 376 g/mol. The number of fused-ring (bicyclic) bond motifs is 1. The fourth-order valence-electron chi connectivity index (χ4n) is 3.72. The molecule has 3 heterocycles. The highest BCUT2D eigenvalue weighted by molar-refractivity contribution is 5.90. The number of hydrazine groups is 2. The van der Waals surface area contributed by atoms with Crippen LogP contribution in [0.1, 0.15) is 11.3 Å². The van der Waals surface area contributed by atoms with Crippen LogP contribution in [-0.4, -0.2) is 47.9 Å². The second kappa shape index (κ2) is 7.63. The van der Waals surface area contributed by atoms with Gasteiger partial charge in [0.1, 0.15) is 5.69 Å². The van der Waals surface area contributed by atoms with Gasteiger partial charge in [-0.25, -0.2) is 0 Å². The van der Waals surface area contributed by atoms with Crippen LogP contribution in [0.25, 0.3) is 16.6 Å². The first-order chi connectivity index (χ1) is 13.9. The Morgan fingerprint density at radius 3 is 2.86 bits per heavy atom. The summed E-state index contributed by atoms with van der Waals surface area (Å²) < 4.78 is 5.43. The molecule has 1 saturated heterocycles. The second-order valence-corrected chi connectivity index (χ2v) is 7.14. The first-order valence-electron chi connectivity index (χ1n) is 9.72. The predicted octanol–water partition coefficient (Wildman–Crippen LogP) is 2.27. The molecule has 0 amide bonds. The molecular weight excluding hydrogens is 352 g/mol. The number of morpholine rings is 1. The molecule has 0 spiro atoms. The molecule has 0 aliphatic carbocycles. The molecular formula is C21H24N6O. The summed E-state index contributed by atoms with van der Waals surface area (Å²) in [6.07, 6.45) is 3.08. The van der Waals surface area contributed by atoms with Crippen LogP contribution in [0.15, 0.2) is 54.7 Å². The number of hydrogen-bond donors (Lipinski definition) is 3. The molecule has 0 bridgehead atoms. The van der Waals surface area contributed by atoms with Gasteiger partial charge in [0.2, 0.25) is 0 Å². The summed E-state index contributed by atoms with van der Waals surface area (Å²) in [6, 6.07) is 16.8. The van der Waals surface area contributed by atoms with Gasteiger partial charge >= 0.3 is 0 Å². The highest BCUT2D eigenvalue weighted by Gasteiger charge is 2.18. The molecule has 3 aromatic rings. The van der Waals surface area contributed by atoms with E-state index in [0.717, 1.165) is 67.3 Å². The lowest BCUT2D eigenvalue weighted by Gasteiger charge is -2.26. The smallest absolute Gasteiger partial charge is 0.119 e. The fourth-order valence-corrected chi connectivity index (χ4v) is 3.72. The van der Waals surface area contributed by atoms with E-state index in [1.807, 2.05) is 29.4 Å². The Balaban J connectivity index is 1.31. The molecule has 2 aliphatic heterocycles. The van der Waals surface area contributed by atoms with Gasteiger partial charge in [0.05, 0.1) is 36.3 Å². The van der Waals surface area contributed by atoms with Crippen LogP contribution >= 0.6 is 0 Å². The van der Waals surface area contributed by atoms with E-state index in [9.17, 15) is 0 Å². The molecule has 7 heteroatoms. The molecule has 3 N–H and O–H groups in total. The SMILES string of the molecule is C1=C(c2n[nH]c3ccccc23)NNN1c1cccc(CCN2CCOCC2)c1. The van der Waals surface area contributed by atoms with Gasteiger partial charge in [-0.3, -0.25) is 20.4 Å². The zero-order chi connectivity index (χ0) is 18.8. The van der Waals surface area contributed by atoms with Crippen LogP contribution in [0.4, 0.5) is 5.69 Å². The van der Waals surface area contributed by atoms with Crippen molar-refractivity contribution in [2.24, 2.45) is 0 Å². The van der Waals surface area contributed by atoms with Gasteiger partial charge in [0, 0.05) is 25.0 Å². The third-order valence-corrected chi connectivity index (χ3v) is 5.30. The summed E-state index contributed by atoms with van der Waals surface area (Å²) in [5, 5.41) is 10.7. The maximum atomic E-state index is 5.43. The fraction of sp³-hybridized carbons (Fsp3) is 0.286. The number of aromatic nitrogens is 2. The van der Waals surface area contributed by atoms with Crippen molar-refractivity contribution in [3.63, 3.8) is 0 Å². The molecule has 0 unspecified atom stereocenters. The Labute approximate surface area is 163 Å². The van der Waals surface area contributed by atoms with E-state index >= 15 is 0 Å². The maximum Gasteiger partial charge on any atom is 0.119 e. The minimum absolute atomic E-state index is 0.846. The lowest BCUT2D eigenvalue weighted by molar-refractivity contribution is 0.0384. The normalized spacial score (nSPS) is 17.7. The number of anilines is 1. The average Bonchev–Trinajstić information content (AvgIpc) is 3.40. The van der Waals surface area contributed by atoms with Crippen molar-refractivity contribution >= 4 is 22.3 Å². The Morgan fingerprint density at radius 2 is 1.93 bits per heavy atom. The molecule has 2 aromatic carbocycles. The van der Waals surface area contributed by atoms with Gasteiger partial charge in [-0.15, -0.1) is 5.53 Å². The predicted molar refractivity (Wildman–Crippen MR) is 110 cm³/mol. The number of nitrogens with one attached hydrogen (secondary N) is 3. The van der Waals surface area contributed by atoms with Crippen LogP contribution in [0.3, 0.4) is 0 Å². The molecule has 2 aliphatic rings. The number of nitrogens with zero attached hydrogens (tertiary/aromatic N) is 3. The lowest BCUT2D eigenvalue weighted by Crippen LogP contribution is -2.37. The van der Waals surface area contributed by atoms with Crippen LogP contribution in [-0.2, 0) is 11.2 Å². The highest BCUT2D eigenvalue weighted by atomic mass is 16.5. The molecule has 0 radical (unpaired) electrons. The molecule has 1 fully saturated rings. The monoisotopic (exact) mass is 376 g/mol. The Kier molecular flexibility index (Phi) is 4.70. The number of H-pyrrole nitrogens is 1. The van der Waals surface area contributed by atoms with Gasteiger partial charge < -0.3 is 4.74 Å². The van der Waals surface area contributed by atoms with Gasteiger partial charge in [0.15, 0.2) is 0 Å². The first-order valence-corrected chi connectivity index (χ1v) is 9.72. The van der Waals surface area contributed by atoms with Gasteiger partial charge in [-0.2, -0.15) is 5.10 Å². The summed E-state index contributed by atoms with van der Waals surface area (Å²) in [5.41, 5.74) is 11.8. The van der Waals surface area contributed by atoms with E-state index in [4.69, 9.17) is 4.74 Å². The second-order valence-electron chi connectivity index (χ2n) is 7.14. The van der Waals surface area contributed by atoms with E-state index in [2.05, 4.69) is 56.4 Å². The molecule has 0 atom stereocenters. The lowest BCUT2D eigenvalue weighted by atomic mass is 10.1. The summed E-state index contributed by atoms with van der Waals surface area (Å²) in [4.78, 5) is 2.46. The van der Waals surface area contributed by atoms with E-state index < -0.39 is 0 Å². The van der Waals surface area contributed by atoms with Crippen LogP contribution < -0.4 is 16.0 Å². The summed E-state index contributed by atoms with van der Waals surface area (Å²) in [5.74, 6) is 0. The Morgan fingerprint density at radius 1 is 1.04 bits per heavy atom. The number of ether oxygens (including phenoxy) is 1. The van der Waals surface area contributed by atoms with Crippen molar-refractivity contribution in [2.75, 3.05) is 37.9 Å². The number of para-hydroxylation sites is 1. The van der Waals surface area contributed by atoms with Gasteiger partial charge in [0.25, 0.3) is 0 Å². The number of aromatic amines is 1. The van der Waals surface area contributed by atoms with E-state index in [0.29, 0.717) is 0 Å². The van der Waals surface area contributed by atoms with Crippen LogP contribution in [0.5, 0.6) is 0 Å². The van der Waals surface area contributed by atoms with Gasteiger partial charge in [-0.05, 0) is 30.2 Å². The Hall–Kier alpha value is -2.87. The van der Waals surface area contributed by atoms with Crippen molar-refractivity contribution in [3.05, 3.63) is 66.0 Å². The topological polar surface area (TPSA) is 68.5 Å². The largest absolute Gasteiger partial charge is 0.379 e. The van der Waals surface area contributed by atoms with Crippen LogP contribution in [0, 0.1) is 0 Å². The number of rotatable bonds is 5. The van der Waals surface area contributed by atoms with Gasteiger partial charge in [-0.1, -0.05) is 30.3 Å². The molecule has 7 nitrogen and oxygen atoms in total. The molecule has 144 valence electrons. The summed E-state index contributed by atoms with van der Waals surface area (Å²) in [6.45, 7) is 4.82. The molecule has 5 rings (SSSR count). The van der Waals surface area contributed by atoms with Crippen molar-refractivity contribution in [1.82, 2.24) is 26.1 Å². The van der Waals surface area contributed by atoms with E-state index in [1.165, 1.54) is 5.56 Å². The first kappa shape index (κ1) is 17.2. The molecule has 28 heavy (non-hydrogen) atoms. The Bertz CT molecular complexity index is 991. The zero-order valence-corrected chi connectivity index (χ0v) is 15.7. The third-order valence-electron chi connectivity index (χ3n) is 5.30. The maximum absolute atomic E-state index is 5.43. The standard InChI is InChI=1S/C21H24N6O/c1-2-7-19-18(6-1)21(24-22-19)20-15-27(25-23-20)17-5-3-4-16(14-17)8-9-26-10-12-28-13-11-26/h1-7,14-15,23,25H,8-13H2,(H,22,24). The highest BCUT2D eigenvalue weighted by Crippen LogP contribution is 2.25. The molecule has 1 aromatic heterocycles. The summed E-state index contributed by atoms with van der Waals surface area (Å²) >= 11 is 0. The van der Waals surface area contributed by atoms with Crippen LogP contribution in [0.2, 0.25) is 0 Å². The van der Waals surface area contributed by atoms with Crippen molar-refractivity contribution in [1.29, 1.82) is 0 Å². The van der Waals surface area contributed by atoms with E-state index in [-0.39, 0.29) is 0 Å². The minimum atomic E-state index is 0.846. The number of hydrogen-bond acceptors (Lipinski definition) is 6. The van der Waals surface area contributed by atoms with Crippen molar-refractivity contribution in [3.8, 4) is 0 Å².